The molecule has 104 valence electrons. The lowest BCUT2D eigenvalue weighted by Crippen LogP contribution is -2.07. The predicted octanol–water partition coefficient (Wildman–Crippen LogP) is 4.21. The maximum atomic E-state index is 12.8. The van der Waals surface area contributed by atoms with Crippen LogP contribution in [0.2, 0.25) is 0 Å². The molecular weight excluding hydrogens is 276 g/mol. The van der Waals surface area contributed by atoms with E-state index in [-0.39, 0.29) is 16.7 Å². The van der Waals surface area contributed by atoms with E-state index >= 15 is 0 Å². The van der Waals surface area contributed by atoms with Crippen LogP contribution in [0.15, 0.2) is 42.5 Å². The van der Waals surface area contributed by atoms with Gasteiger partial charge in [-0.25, -0.2) is 9.18 Å². The summed E-state index contributed by atoms with van der Waals surface area (Å²) in [7, 11) is 0. The van der Waals surface area contributed by atoms with E-state index in [0.717, 1.165) is 24.3 Å². The number of carboxylic acids is 1. The minimum absolute atomic E-state index is 0.104. The molecule has 0 saturated heterocycles. The highest BCUT2D eigenvalue weighted by Crippen LogP contribution is 2.34. The summed E-state index contributed by atoms with van der Waals surface area (Å²) in [5, 5.41) is 9.02. The van der Waals surface area contributed by atoms with Crippen molar-refractivity contribution >= 4 is 5.97 Å². The molecule has 6 heteroatoms. The Morgan fingerprint density at radius 1 is 1.00 bits per heavy atom. The molecule has 0 radical (unpaired) electrons. The molecule has 2 aromatic carbocycles. The first-order valence-corrected chi connectivity index (χ1v) is 5.49. The largest absolute Gasteiger partial charge is 0.478 e. The molecule has 0 spiro atoms. The number of alkyl halides is 3. The molecule has 0 saturated carbocycles. The minimum atomic E-state index is -4.58. The SMILES string of the molecule is O=C(O)c1ccc(C(F)(F)F)cc1-c1ccc(F)cc1. The number of hydrogen-bond acceptors (Lipinski definition) is 1. The van der Waals surface area contributed by atoms with Crippen molar-refractivity contribution < 1.29 is 27.5 Å². The minimum Gasteiger partial charge on any atom is -0.478 e. The van der Waals surface area contributed by atoms with Crippen LogP contribution in [0.5, 0.6) is 0 Å². The fourth-order valence-corrected chi connectivity index (χ4v) is 1.78. The molecule has 0 aliphatic heterocycles. The van der Waals surface area contributed by atoms with Gasteiger partial charge in [0, 0.05) is 0 Å². The van der Waals surface area contributed by atoms with Crippen LogP contribution in [0.1, 0.15) is 15.9 Å². The summed E-state index contributed by atoms with van der Waals surface area (Å²) in [6.07, 6.45) is -4.58. The smallest absolute Gasteiger partial charge is 0.416 e. The van der Waals surface area contributed by atoms with Gasteiger partial charge < -0.3 is 5.11 Å². The van der Waals surface area contributed by atoms with E-state index in [0.29, 0.717) is 6.07 Å². The molecule has 2 nitrogen and oxygen atoms in total. The summed E-state index contributed by atoms with van der Waals surface area (Å²) in [5.74, 6) is -1.91. The molecule has 0 aliphatic rings. The number of rotatable bonds is 2. The van der Waals surface area contributed by atoms with Crippen molar-refractivity contribution in [3.05, 3.63) is 59.4 Å². The van der Waals surface area contributed by atoms with Gasteiger partial charge in [0.1, 0.15) is 5.82 Å². The van der Waals surface area contributed by atoms with Crippen molar-refractivity contribution in [1.29, 1.82) is 0 Å². The molecule has 0 aliphatic carbocycles. The van der Waals surface area contributed by atoms with Gasteiger partial charge in [0.2, 0.25) is 0 Å². The Balaban J connectivity index is 2.64. The second kappa shape index (κ2) is 4.96. The quantitative estimate of drug-likeness (QED) is 0.839. The lowest BCUT2D eigenvalue weighted by Gasteiger charge is -2.11. The van der Waals surface area contributed by atoms with Crippen LogP contribution in [0.4, 0.5) is 17.6 Å². The second-order valence-electron chi connectivity index (χ2n) is 4.07. The lowest BCUT2D eigenvalue weighted by molar-refractivity contribution is -0.137. The Hall–Kier alpha value is -2.37. The zero-order valence-electron chi connectivity index (χ0n) is 9.91. The van der Waals surface area contributed by atoms with Gasteiger partial charge in [0.05, 0.1) is 11.1 Å². The van der Waals surface area contributed by atoms with E-state index in [4.69, 9.17) is 5.11 Å². The Morgan fingerprint density at radius 2 is 1.60 bits per heavy atom. The summed E-state index contributed by atoms with van der Waals surface area (Å²) in [4.78, 5) is 11.1. The van der Waals surface area contributed by atoms with Crippen molar-refractivity contribution in [1.82, 2.24) is 0 Å². The summed E-state index contributed by atoms with van der Waals surface area (Å²) in [5.41, 5.74) is -1.13. The summed E-state index contributed by atoms with van der Waals surface area (Å²) < 4.78 is 50.9. The van der Waals surface area contributed by atoms with Gasteiger partial charge >= 0.3 is 12.1 Å². The Morgan fingerprint density at radius 3 is 2.10 bits per heavy atom. The van der Waals surface area contributed by atoms with Gasteiger partial charge in [-0.05, 0) is 41.5 Å². The Labute approximate surface area is 111 Å². The van der Waals surface area contributed by atoms with Gasteiger partial charge in [-0.3, -0.25) is 0 Å². The molecule has 2 aromatic rings. The lowest BCUT2D eigenvalue weighted by atomic mass is 9.97. The van der Waals surface area contributed by atoms with Crippen LogP contribution in [0, 0.1) is 5.82 Å². The molecular formula is C14H8F4O2. The van der Waals surface area contributed by atoms with Gasteiger partial charge in [-0.15, -0.1) is 0 Å². The standard InChI is InChI=1S/C14H8F4O2/c15-10-4-1-8(2-5-10)12-7-9(14(16,17)18)3-6-11(12)13(19)20/h1-7H,(H,19,20). The first-order valence-electron chi connectivity index (χ1n) is 5.49. The average Bonchev–Trinajstić information content (AvgIpc) is 2.37. The van der Waals surface area contributed by atoms with E-state index in [1.807, 2.05) is 0 Å². The van der Waals surface area contributed by atoms with Crippen LogP contribution in [0.25, 0.3) is 11.1 Å². The number of benzene rings is 2. The zero-order valence-corrected chi connectivity index (χ0v) is 9.91. The first-order chi connectivity index (χ1) is 9.29. The van der Waals surface area contributed by atoms with Crippen LogP contribution in [-0.2, 0) is 6.18 Å². The number of halogens is 4. The van der Waals surface area contributed by atoms with Crippen molar-refractivity contribution in [2.75, 3.05) is 0 Å². The monoisotopic (exact) mass is 284 g/mol. The van der Waals surface area contributed by atoms with Gasteiger partial charge in [0.25, 0.3) is 0 Å². The van der Waals surface area contributed by atoms with Crippen molar-refractivity contribution in [3.8, 4) is 11.1 Å². The van der Waals surface area contributed by atoms with Gasteiger partial charge in [-0.2, -0.15) is 13.2 Å². The van der Waals surface area contributed by atoms with Crippen LogP contribution in [0.3, 0.4) is 0 Å². The van der Waals surface area contributed by atoms with Crippen LogP contribution in [-0.4, -0.2) is 11.1 Å². The molecule has 1 N–H and O–H groups in total. The summed E-state index contributed by atoms with van der Waals surface area (Å²) in [6, 6.07) is 6.92. The van der Waals surface area contributed by atoms with E-state index in [1.54, 1.807) is 0 Å². The molecule has 0 heterocycles. The second-order valence-corrected chi connectivity index (χ2v) is 4.07. The highest BCUT2D eigenvalue weighted by molar-refractivity contribution is 5.96. The number of hydrogen-bond donors (Lipinski definition) is 1. The maximum Gasteiger partial charge on any atom is 0.416 e. The Bertz CT molecular complexity index is 645. The number of carboxylic acid groups (broad SMARTS) is 1. The van der Waals surface area contributed by atoms with E-state index in [9.17, 15) is 22.4 Å². The van der Waals surface area contributed by atoms with Crippen molar-refractivity contribution in [2.24, 2.45) is 0 Å². The van der Waals surface area contributed by atoms with Crippen LogP contribution >= 0.6 is 0 Å². The highest BCUT2D eigenvalue weighted by atomic mass is 19.4. The third-order valence-electron chi connectivity index (χ3n) is 2.73. The molecule has 20 heavy (non-hydrogen) atoms. The molecule has 0 bridgehead atoms. The van der Waals surface area contributed by atoms with Crippen molar-refractivity contribution in [3.63, 3.8) is 0 Å². The Kier molecular flexibility index (Phi) is 3.48. The third-order valence-corrected chi connectivity index (χ3v) is 2.73. The molecule has 0 atom stereocenters. The highest BCUT2D eigenvalue weighted by Gasteiger charge is 2.31. The van der Waals surface area contributed by atoms with Gasteiger partial charge in [0.15, 0.2) is 0 Å². The average molecular weight is 284 g/mol. The number of carbonyl (C=O) groups is 1. The van der Waals surface area contributed by atoms with E-state index in [1.165, 1.54) is 12.1 Å². The van der Waals surface area contributed by atoms with Crippen LogP contribution < -0.4 is 0 Å². The normalized spacial score (nSPS) is 11.4. The topological polar surface area (TPSA) is 37.3 Å². The molecule has 2 rings (SSSR count). The van der Waals surface area contributed by atoms with E-state index in [2.05, 4.69) is 0 Å². The summed E-state index contributed by atoms with van der Waals surface area (Å²) in [6.45, 7) is 0. The number of aromatic carboxylic acids is 1. The molecule has 0 amide bonds. The zero-order chi connectivity index (χ0) is 14.9. The molecule has 0 unspecified atom stereocenters. The third kappa shape index (κ3) is 2.79. The first kappa shape index (κ1) is 14.0. The van der Waals surface area contributed by atoms with Gasteiger partial charge in [-0.1, -0.05) is 12.1 Å². The van der Waals surface area contributed by atoms with Crippen molar-refractivity contribution in [2.45, 2.75) is 6.18 Å². The fraction of sp³-hybridized carbons (Fsp3) is 0.0714. The maximum absolute atomic E-state index is 12.8. The predicted molar refractivity (Wildman–Crippen MR) is 63.8 cm³/mol. The van der Waals surface area contributed by atoms with E-state index < -0.39 is 23.5 Å². The fourth-order valence-electron chi connectivity index (χ4n) is 1.78. The summed E-state index contributed by atoms with van der Waals surface area (Å²) >= 11 is 0. The molecule has 0 fully saturated rings. The molecule has 0 aromatic heterocycles.